The Kier molecular flexibility index (Phi) is 2.73. The maximum Gasteiger partial charge on any atom is 0.282 e. The quantitative estimate of drug-likeness (QED) is 0.776. The third-order valence-electron chi connectivity index (χ3n) is 2.61. The number of ether oxygens (including phenoxy) is 1. The Labute approximate surface area is 87.0 Å². The zero-order chi connectivity index (χ0) is 11.0. The highest BCUT2D eigenvalue weighted by Crippen LogP contribution is 2.29. The lowest BCUT2D eigenvalue weighted by atomic mass is 10.0. The van der Waals surface area contributed by atoms with E-state index in [1.54, 1.807) is 10.9 Å². The number of hydrogen-bond donors (Lipinski definition) is 0. The molecule has 5 heteroatoms. The highest BCUT2D eigenvalue weighted by atomic mass is 19.3. The van der Waals surface area contributed by atoms with Crippen LogP contribution < -0.4 is 0 Å². The van der Waals surface area contributed by atoms with E-state index in [9.17, 15) is 8.78 Å². The second-order valence-electron chi connectivity index (χ2n) is 4.10. The zero-order valence-corrected chi connectivity index (χ0v) is 8.78. The molecule has 84 valence electrons. The fourth-order valence-electron chi connectivity index (χ4n) is 1.60. The molecule has 0 aromatic carbocycles. The van der Waals surface area contributed by atoms with E-state index in [1.165, 1.54) is 0 Å². The molecule has 0 N–H and O–H groups in total. The summed E-state index contributed by atoms with van der Waals surface area (Å²) in [5.74, 6) is 0.0729. The van der Waals surface area contributed by atoms with Crippen molar-refractivity contribution in [3.05, 3.63) is 17.5 Å². The number of hydrogen-bond acceptors (Lipinski definition) is 2. The Hall–Kier alpha value is -0.970. The van der Waals surface area contributed by atoms with Crippen LogP contribution >= 0.6 is 0 Å². The molecule has 1 aromatic heterocycles. The first-order chi connectivity index (χ1) is 7.09. The van der Waals surface area contributed by atoms with Crippen LogP contribution in [0.3, 0.4) is 0 Å². The van der Waals surface area contributed by atoms with Gasteiger partial charge in [0.1, 0.15) is 5.69 Å². The third-order valence-corrected chi connectivity index (χ3v) is 2.61. The van der Waals surface area contributed by atoms with Crippen LogP contribution in [0.15, 0.2) is 6.20 Å². The molecule has 1 fully saturated rings. The Morgan fingerprint density at radius 1 is 1.47 bits per heavy atom. The van der Waals surface area contributed by atoms with E-state index in [0.717, 1.165) is 0 Å². The van der Waals surface area contributed by atoms with Gasteiger partial charge in [-0.15, -0.1) is 0 Å². The molecule has 1 aliphatic rings. The van der Waals surface area contributed by atoms with E-state index in [2.05, 4.69) is 5.10 Å². The molecule has 1 aliphatic heterocycles. The number of alkyl halides is 2. The molecular weight excluding hydrogens is 202 g/mol. The lowest BCUT2D eigenvalue weighted by molar-refractivity contribution is -0.0292. The van der Waals surface area contributed by atoms with Gasteiger partial charge >= 0.3 is 0 Å². The van der Waals surface area contributed by atoms with Crippen molar-refractivity contribution in [1.29, 1.82) is 0 Å². The summed E-state index contributed by atoms with van der Waals surface area (Å²) in [6, 6.07) is 0.134. The fourth-order valence-corrected chi connectivity index (χ4v) is 1.60. The first kappa shape index (κ1) is 10.5. The lowest BCUT2D eigenvalue weighted by Crippen LogP contribution is -2.31. The van der Waals surface area contributed by atoms with Gasteiger partial charge in [0.25, 0.3) is 6.43 Å². The van der Waals surface area contributed by atoms with Crippen LogP contribution in [0, 0.1) is 0 Å². The summed E-state index contributed by atoms with van der Waals surface area (Å²) in [5, 5.41) is 3.94. The summed E-state index contributed by atoms with van der Waals surface area (Å²) in [7, 11) is 0. The van der Waals surface area contributed by atoms with Crippen LogP contribution in [-0.4, -0.2) is 23.0 Å². The maximum atomic E-state index is 12.7. The summed E-state index contributed by atoms with van der Waals surface area (Å²) in [6.45, 7) is 4.93. The highest BCUT2D eigenvalue weighted by Gasteiger charge is 2.26. The molecule has 15 heavy (non-hydrogen) atoms. The number of halogens is 2. The summed E-state index contributed by atoms with van der Waals surface area (Å²) >= 11 is 0. The van der Waals surface area contributed by atoms with Gasteiger partial charge in [0.2, 0.25) is 0 Å². The van der Waals surface area contributed by atoms with E-state index < -0.39 is 6.43 Å². The van der Waals surface area contributed by atoms with Crippen LogP contribution in [0.1, 0.15) is 43.5 Å². The van der Waals surface area contributed by atoms with Gasteiger partial charge in [-0.2, -0.15) is 5.10 Å². The molecule has 0 atom stereocenters. The van der Waals surface area contributed by atoms with Crippen molar-refractivity contribution in [2.24, 2.45) is 0 Å². The van der Waals surface area contributed by atoms with Crippen molar-refractivity contribution in [1.82, 2.24) is 9.78 Å². The van der Waals surface area contributed by atoms with E-state index in [1.807, 2.05) is 13.8 Å². The average molecular weight is 216 g/mol. The average Bonchev–Trinajstić information content (AvgIpc) is 2.45. The van der Waals surface area contributed by atoms with E-state index in [0.29, 0.717) is 18.8 Å². The van der Waals surface area contributed by atoms with Gasteiger partial charge in [-0.1, -0.05) is 13.8 Å². The van der Waals surface area contributed by atoms with Gasteiger partial charge in [0.05, 0.1) is 19.3 Å². The van der Waals surface area contributed by atoms with Crippen LogP contribution in [-0.2, 0) is 4.74 Å². The molecule has 2 heterocycles. The molecule has 0 spiro atoms. The minimum atomic E-state index is -2.50. The van der Waals surface area contributed by atoms with Gasteiger partial charge in [-0.25, -0.2) is 8.78 Å². The van der Waals surface area contributed by atoms with E-state index in [4.69, 9.17) is 4.74 Å². The van der Waals surface area contributed by atoms with Gasteiger partial charge in [-0.05, 0) is 5.92 Å². The lowest BCUT2D eigenvalue weighted by Gasteiger charge is -2.26. The Morgan fingerprint density at radius 2 is 2.13 bits per heavy atom. The Balaban J connectivity index is 2.30. The van der Waals surface area contributed by atoms with Crippen molar-refractivity contribution < 1.29 is 13.5 Å². The first-order valence-electron chi connectivity index (χ1n) is 5.04. The minimum absolute atomic E-state index is 0.0729. The normalized spacial score (nSPS) is 17.5. The van der Waals surface area contributed by atoms with Crippen molar-refractivity contribution in [2.75, 3.05) is 13.2 Å². The van der Waals surface area contributed by atoms with Crippen LogP contribution in [0.4, 0.5) is 8.78 Å². The van der Waals surface area contributed by atoms with Crippen LogP contribution in [0.5, 0.6) is 0 Å². The minimum Gasteiger partial charge on any atom is -0.377 e. The van der Waals surface area contributed by atoms with Crippen LogP contribution in [0.2, 0.25) is 0 Å². The number of aromatic nitrogens is 2. The van der Waals surface area contributed by atoms with Crippen molar-refractivity contribution >= 4 is 0 Å². The van der Waals surface area contributed by atoms with Crippen molar-refractivity contribution in [3.63, 3.8) is 0 Å². The molecule has 1 saturated heterocycles. The van der Waals surface area contributed by atoms with Crippen LogP contribution in [0.25, 0.3) is 0 Å². The molecule has 0 saturated carbocycles. The topological polar surface area (TPSA) is 27.1 Å². The summed E-state index contributed by atoms with van der Waals surface area (Å²) in [4.78, 5) is 0. The largest absolute Gasteiger partial charge is 0.377 e. The van der Waals surface area contributed by atoms with Crippen molar-refractivity contribution in [3.8, 4) is 0 Å². The maximum absolute atomic E-state index is 12.7. The molecule has 0 amide bonds. The van der Waals surface area contributed by atoms with Gasteiger partial charge in [0, 0.05) is 11.8 Å². The molecular formula is C10H14F2N2O. The summed E-state index contributed by atoms with van der Waals surface area (Å²) in [6.07, 6.45) is -0.774. The van der Waals surface area contributed by atoms with E-state index >= 15 is 0 Å². The Bertz CT molecular complexity index is 320. The predicted molar refractivity (Wildman–Crippen MR) is 51.1 cm³/mol. The predicted octanol–water partition coefficient (Wildman–Crippen LogP) is 2.52. The molecule has 1 aromatic rings. The number of rotatable bonds is 3. The second-order valence-corrected chi connectivity index (χ2v) is 4.10. The van der Waals surface area contributed by atoms with Gasteiger partial charge < -0.3 is 4.74 Å². The summed E-state index contributed by atoms with van der Waals surface area (Å²) < 4.78 is 32.0. The molecule has 0 bridgehead atoms. The smallest absolute Gasteiger partial charge is 0.282 e. The molecule has 2 rings (SSSR count). The first-order valence-corrected chi connectivity index (χ1v) is 5.04. The van der Waals surface area contributed by atoms with E-state index in [-0.39, 0.29) is 17.7 Å². The summed E-state index contributed by atoms with van der Waals surface area (Å²) in [5.41, 5.74) is 0.550. The zero-order valence-electron chi connectivity index (χ0n) is 8.78. The molecule has 0 aliphatic carbocycles. The molecule has 0 radical (unpaired) electrons. The highest BCUT2D eigenvalue weighted by molar-refractivity contribution is 5.22. The second kappa shape index (κ2) is 3.89. The van der Waals surface area contributed by atoms with Gasteiger partial charge in [-0.3, -0.25) is 4.68 Å². The SMILES string of the molecule is CC(C)c1cn(C2COC2)nc1C(F)F. The Morgan fingerprint density at radius 3 is 2.47 bits per heavy atom. The standard InChI is InChI=1S/C10H14F2N2O/c1-6(2)8-3-14(7-4-15-5-7)13-9(8)10(11)12/h3,6-7,10H,4-5H2,1-2H3. The fraction of sp³-hybridized carbons (Fsp3) is 0.700. The number of nitrogens with zero attached hydrogens (tertiary/aromatic N) is 2. The van der Waals surface area contributed by atoms with Gasteiger partial charge in [0.15, 0.2) is 0 Å². The third kappa shape index (κ3) is 1.88. The monoisotopic (exact) mass is 216 g/mol. The molecule has 3 nitrogen and oxygen atoms in total. The molecule has 0 unspecified atom stereocenters. The van der Waals surface area contributed by atoms with Crippen molar-refractivity contribution in [2.45, 2.75) is 32.2 Å².